The van der Waals surface area contributed by atoms with Gasteiger partial charge in [-0.2, -0.15) is 0 Å². The van der Waals surface area contributed by atoms with E-state index in [1.807, 2.05) is 0 Å². The number of rotatable bonds is 3. The molecule has 6 aliphatic rings. The second-order valence-electron chi connectivity index (χ2n) is 6.74. The molecule has 1 amide bonds. The number of carbonyl (C=O) groups is 2. The van der Waals surface area contributed by atoms with Crippen LogP contribution < -0.4 is 5.73 Å². The molecular formula is C13H17NO3. The normalized spacial score (nSPS) is 56.1. The molecule has 0 aromatic rings. The van der Waals surface area contributed by atoms with E-state index in [0.717, 1.165) is 25.7 Å². The van der Waals surface area contributed by atoms with Crippen LogP contribution in [-0.2, 0) is 14.3 Å². The zero-order chi connectivity index (χ0) is 12.1. The van der Waals surface area contributed by atoms with Gasteiger partial charge in [0, 0.05) is 0 Å². The number of carbonyl (C=O) groups excluding carboxylic acids is 2. The highest BCUT2D eigenvalue weighted by Gasteiger charge is 2.89. The average Bonchev–Trinajstić information content (AvgIpc) is 2.82. The third kappa shape index (κ3) is 0.745. The lowest BCUT2D eigenvalue weighted by Crippen LogP contribution is -2.55. The van der Waals surface area contributed by atoms with E-state index in [0.29, 0.717) is 23.7 Å². The van der Waals surface area contributed by atoms with E-state index in [-0.39, 0.29) is 22.7 Å². The lowest BCUT2D eigenvalue weighted by atomic mass is 9.47. The van der Waals surface area contributed by atoms with Gasteiger partial charge in [-0.25, -0.2) is 0 Å². The molecule has 4 nitrogen and oxygen atoms in total. The molecule has 0 saturated heterocycles. The zero-order valence-corrected chi connectivity index (χ0v) is 9.99. The molecular weight excluding hydrogens is 218 g/mol. The van der Waals surface area contributed by atoms with Gasteiger partial charge < -0.3 is 10.5 Å². The van der Waals surface area contributed by atoms with Crippen LogP contribution in [0.3, 0.4) is 0 Å². The summed E-state index contributed by atoms with van der Waals surface area (Å²) in [5, 5.41) is 0. The van der Waals surface area contributed by atoms with Crippen LogP contribution in [0.1, 0.15) is 32.1 Å². The van der Waals surface area contributed by atoms with Crippen LogP contribution in [0.4, 0.5) is 0 Å². The minimum absolute atomic E-state index is 0.0993. The maximum atomic E-state index is 11.6. The van der Waals surface area contributed by atoms with Gasteiger partial charge in [-0.15, -0.1) is 0 Å². The van der Waals surface area contributed by atoms with E-state index in [9.17, 15) is 9.59 Å². The van der Waals surface area contributed by atoms with Crippen molar-refractivity contribution in [3.63, 3.8) is 0 Å². The van der Waals surface area contributed by atoms with Crippen LogP contribution in [0, 0.1) is 28.1 Å². The zero-order valence-electron chi connectivity index (χ0n) is 9.99. The first-order valence-corrected chi connectivity index (χ1v) is 6.36. The summed E-state index contributed by atoms with van der Waals surface area (Å²) in [6, 6.07) is 0. The molecule has 6 saturated carbocycles. The quantitative estimate of drug-likeness (QED) is 0.737. The molecule has 4 heteroatoms. The lowest BCUT2D eigenvalue weighted by molar-refractivity contribution is -0.152. The molecule has 5 atom stereocenters. The maximum absolute atomic E-state index is 11.6. The number of esters is 1. The second-order valence-corrected chi connectivity index (χ2v) is 6.74. The fraction of sp³-hybridized carbons (Fsp3) is 0.846. The third-order valence-electron chi connectivity index (χ3n) is 6.51. The van der Waals surface area contributed by atoms with Gasteiger partial charge in [0.05, 0.1) is 18.9 Å². The van der Waals surface area contributed by atoms with Crippen molar-refractivity contribution in [2.75, 3.05) is 7.11 Å². The summed E-state index contributed by atoms with van der Waals surface area (Å²) in [6.45, 7) is 0. The minimum atomic E-state index is -0.194. The van der Waals surface area contributed by atoms with Gasteiger partial charge in [0.15, 0.2) is 0 Å². The van der Waals surface area contributed by atoms with Crippen LogP contribution in [0.15, 0.2) is 0 Å². The number of amides is 1. The highest BCUT2D eigenvalue weighted by atomic mass is 16.5. The van der Waals surface area contributed by atoms with Crippen LogP contribution in [0.25, 0.3) is 0 Å². The number of nitrogens with two attached hydrogens (primary N) is 1. The predicted molar refractivity (Wildman–Crippen MR) is 58.6 cm³/mol. The van der Waals surface area contributed by atoms with Gasteiger partial charge in [-0.3, -0.25) is 9.59 Å². The first-order valence-electron chi connectivity index (χ1n) is 6.36. The Labute approximate surface area is 99.9 Å². The molecule has 6 fully saturated rings. The molecule has 2 N–H and O–H groups in total. The van der Waals surface area contributed by atoms with Gasteiger partial charge in [0.1, 0.15) is 0 Å². The van der Waals surface area contributed by atoms with E-state index < -0.39 is 0 Å². The monoisotopic (exact) mass is 235 g/mol. The Kier molecular flexibility index (Phi) is 1.39. The summed E-state index contributed by atoms with van der Waals surface area (Å²) in [5.41, 5.74) is 5.93. The standard InChI is InChI=1S/C13H17NO3/c1-17-9(15)4-11-2-8-12(10(14)16)3-7(11)13(8,5-11)6-12/h7-8H,2-6H2,1H3,(H2,14,16). The van der Waals surface area contributed by atoms with Gasteiger partial charge in [0.25, 0.3) is 0 Å². The van der Waals surface area contributed by atoms with Gasteiger partial charge in [-0.05, 0) is 48.3 Å². The number of hydrogen-bond donors (Lipinski definition) is 1. The molecule has 0 heterocycles. The van der Waals surface area contributed by atoms with Crippen LogP contribution >= 0.6 is 0 Å². The number of hydrogen-bond acceptors (Lipinski definition) is 3. The van der Waals surface area contributed by atoms with Crippen molar-refractivity contribution in [2.45, 2.75) is 32.1 Å². The van der Waals surface area contributed by atoms with Crippen molar-refractivity contribution in [1.29, 1.82) is 0 Å². The van der Waals surface area contributed by atoms with E-state index in [4.69, 9.17) is 10.5 Å². The smallest absolute Gasteiger partial charge is 0.306 e. The third-order valence-corrected chi connectivity index (χ3v) is 6.51. The van der Waals surface area contributed by atoms with Crippen molar-refractivity contribution in [3.8, 4) is 0 Å². The van der Waals surface area contributed by atoms with Gasteiger partial charge in [-0.1, -0.05) is 0 Å². The second kappa shape index (κ2) is 2.38. The summed E-state index contributed by atoms with van der Waals surface area (Å²) < 4.78 is 4.80. The van der Waals surface area contributed by atoms with Crippen molar-refractivity contribution < 1.29 is 14.3 Å². The largest absolute Gasteiger partial charge is 0.469 e. The molecule has 5 bridgehead atoms. The fourth-order valence-corrected chi connectivity index (χ4v) is 6.18. The van der Waals surface area contributed by atoms with E-state index in [2.05, 4.69) is 0 Å². The lowest BCUT2D eigenvalue weighted by Gasteiger charge is -2.56. The SMILES string of the molecule is COC(=O)CC12CC3C4(C(N)=O)CC1C3(C2)C4. The molecule has 5 unspecified atom stereocenters. The fourth-order valence-electron chi connectivity index (χ4n) is 6.18. The van der Waals surface area contributed by atoms with Crippen molar-refractivity contribution >= 4 is 11.9 Å². The molecule has 6 rings (SSSR count). The van der Waals surface area contributed by atoms with Crippen molar-refractivity contribution in [2.24, 2.45) is 33.8 Å². The molecule has 0 aromatic heterocycles. The Hall–Kier alpha value is -1.06. The molecule has 6 aliphatic carbocycles. The molecule has 92 valence electrons. The highest BCUT2D eigenvalue weighted by Crippen LogP contribution is 2.94. The Morgan fingerprint density at radius 1 is 1.29 bits per heavy atom. The number of primary amides is 1. The topological polar surface area (TPSA) is 69.4 Å². The molecule has 1 spiro atoms. The average molecular weight is 235 g/mol. The maximum Gasteiger partial charge on any atom is 0.306 e. The predicted octanol–water partition coefficient (Wildman–Crippen LogP) is 0.841. The van der Waals surface area contributed by atoms with Crippen LogP contribution in [0.2, 0.25) is 0 Å². The van der Waals surface area contributed by atoms with Gasteiger partial charge >= 0.3 is 5.97 Å². The Bertz CT molecular complexity index is 462. The van der Waals surface area contributed by atoms with E-state index in [1.165, 1.54) is 7.11 Å². The Morgan fingerprint density at radius 2 is 2.06 bits per heavy atom. The minimum Gasteiger partial charge on any atom is -0.469 e. The van der Waals surface area contributed by atoms with Crippen LogP contribution in [-0.4, -0.2) is 19.0 Å². The van der Waals surface area contributed by atoms with Crippen molar-refractivity contribution in [1.82, 2.24) is 0 Å². The molecule has 0 aliphatic heterocycles. The Balaban J connectivity index is 1.63. The summed E-state index contributed by atoms with van der Waals surface area (Å²) in [6.07, 6.45) is 4.62. The Morgan fingerprint density at radius 3 is 2.59 bits per heavy atom. The first kappa shape index (κ1) is 9.92. The number of methoxy groups -OCH3 is 1. The molecule has 17 heavy (non-hydrogen) atoms. The number of ether oxygens (including phenoxy) is 1. The first-order chi connectivity index (χ1) is 7.99. The summed E-state index contributed by atoms with van der Waals surface area (Å²) in [7, 11) is 1.45. The van der Waals surface area contributed by atoms with Crippen molar-refractivity contribution in [3.05, 3.63) is 0 Å². The summed E-state index contributed by atoms with van der Waals surface area (Å²) in [5.74, 6) is 0.834. The van der Waals surface area contributed by atoms with Gasteiger partial charge in [0.2, 0.25) is 5.91 Å². The summed E-state index contributed by atoms with van der Waals surface area (Å²) in [4.78, 5) is 23.1. The highest BCUT2D eigenvalue weighted by molar-refractivity contribution is 5.85. The summed E-state index contributed by atoms with van der Waals surface area (Å²) >= 11 is 0. The van der Waals surface area contributed by atoms with E-state index in [1.54, 1.807) is 0 Å². The molecule has 0 aromatic carbocycles. The molecule has 0 radical (unpaired) electrons. The van der Waals surface area contributed by atoms with E-state index >= 15 is 0 Å². The van der Waals surface area contributed by atoms with Crippen LogP contribution in [0.5, 0.6) is 0 Å².